The van der Waals surface area contributed by atoms with Crippen LogP contribution in [0.4, 0.5) is 0 Å². The smallest absolute Gasteiger partial charge is 0.354 e. The van der Waals surface area contributed by atoms with Crippen molar-refractivity contribution in [3.05, 3.63) is 71.8 Å². The van der Waals surface area contributed by atoms with Gasteiger partial charge in [0, 0.05) is 18.6 Å². The van der Waals surface area contributed by atoms with Crippen molar-refractivity contribution in [1.29, 1.82) is 0 Å². The van der Waals surface area contributed by atoms with Gasteiger partial charge < -0.3 is 9.57 Å². The zero-order valence-corrected chi connectivity index (χ0v) is 18.2. The molecule has 0 bridgehead atoms. The lowest BCUT2D eigenvalue weighted by Crippen LogP contribution is -2.44. The summed E-state index contributed by atoms with van der Waals surface area (Å²) in [5, 5.41) is 4.27. The average molecular weight is 412 g/mol. The molecule has 0 N–H and O–H groups in total. The van der Waals surface area contributed by atoms with Crippen molar-refractivity contribution in [2.24, 2.45) is 5.16 Å². The molecule has 0 fully saturated rings. The molecular formula is C24H29NO3S. The summed E-state index contributed by atoms with van der Waals surface area (Å²) < 4.78 is 5.69. The van der Waals surface area contributed by atoms with Crippen molar-refractivity contribution in [3.63, 3.8) is 0 Å². The third-order valence-corrected chi connectivity index (χ3v) is 5.76. The number of thioether (sulfide) groups is 1. The van der Waals surface area contributed by atoms with E-state index in [1.54, 1.807) is 0 Å². The van der Waals surface area contributed by atoms with Crippen LogP contribution in [0.1, 0.15) is 51.2 Å². The van der Waals surface area contributed by atoms with Crippen LogP contribution in [0.5, 0.6) is 0 Å². The van der Waals surface area contributed by atoms with E-state index in [0.717, 1.165) is 29.2 Å². The van der Waals surface area contributed by atoms with Gasteiger partial charge in [0.15, 0.2) is 0 Å². The van der Waals surface area contributed by atoms with Gasteiger partial charge in [-0.05, 0) is 44.1 Å². The fourth-order valence-electron chi connectivity index (χ4n) is 3.20. The molecular weight excluding hydrogens is 382 g/mol. The lowest BCUT2D eigenvalue weighted by molar-refractivity contribution is -0.181. The maximum atomic E-state index is 13.0. The van der Waals surface area contributed by atoms with Crippen molar-refractivity contribution in [2.45, 2.75) is 57.0 Å². The van der Waals surface area contributed by atoms with Crippen LogP contribution in [0.3, 0.4) is 0 Å². The van der Waals surface area contributed by atoms with E-state index in [1.165, 1.54) is 5.56 Å². The molecule has 0 spiro atoms. The Hall–Kier alpha value is -2.27. The van der Waals surface area contributed by atoms with E-state index in [1.807, 2.05) is 68.9 Å². The Morgan fingerprint density at radius 1 is 1.10 bits per heavy atom. The zero-order chi connectivity index (χ0) is 20.7. The second-order valence-corrected chi connectivity index (χ2v) is 9.42. The van der Waals surface area contributed by atoms with Gasteiger partial charge in [0.2, 0.25) is 5.60 Å². The summed E-state index contributed by atoms with van der Waals surface area (Å²) in [6, 6.07) is 20.3. The minimum absolute atomic E-state index is 0.326. The fraction of sp³-hybridized carbons (Fsp3) is 0.417. The average Bonchev–Trinajstić information content (AvgIpc) is 3.14. The Kier molecular flexibility index (Phi) is 7.01. The highest BCUT2D eigenvalue weighted by molar-refractivity contribution is 7.98. The van der Waals surface area contributed by atoms with Gasteiger partial charge >= 0.3 is 5.97 Å². The Bertz CT molecular complexity index is 830. The first-order chi connectivity index (χ1) is 13.9. The number of ether oxygens (including phenoxy) is 1. The molecule has 5 heteroatoms. The highest BCUT2D eigenvalue weighted by Gasteiger charge is 2.48. The molecule has 0 aromatic heterocycles. The fourth-order valence-corrected chi connectivity index (χ4v) is 4.12. The summed E-state index contributed by atoms with van der Waals surface area (Å²) in [4.78, 5) is 18.8. The number of hydrogen-bond donors (Lipinski definition) is 0. The van der Waals surface area contributed by atoms with Crippen molar-refractivity contribution in [1.82, 2.24) is 0 Å². The van der Waals surface area contributed by atoms with Gasteiger partial charge in [0.25, 0.3) is 0 Å². The first-order valence-electron chi connectivity index (χ1n) is 10.0. The summed E-state index contributed by atoms with van der Waals surface area (Å²) in [6.45, 7) is 5.63. The highest BCUT2D eigenvalue weighted by Crippen LogP contribution is 2.34. The summed E-state index contributed by atoms with van der Waals surface area (Å²) in [7, 11) is 0. The van der Waals surface area contributed by atoms with Crippen LogP contribution in [0, 0.1) is 0 Å². The molecule has 1 aliphatic rings. The Morgan fingerprint density at radius 3 is 2.41 bits per heavy atom. The molecule has 0 radical (unpaired) electrons. The van der Waals surface area contributed by atoms with Crippen LogP contribution in [-0.2, 0) is 20.1 Å². The summed E-state index contributed by atoms with van der Waals surface area (Å²) in [5.41, 5.74) is 1.49. The van der Waals surface area contributed by atoms with Crippen LogP contribution in [-0.4, -0.2) is 28.6 Å². The van der Waals surface area contributed by atoms with Gasteiger partial charge in [0.05, 0.1) is 5.71 Å². The standard InChI is InChI=1S/C24H29NO3S/c1-23(2,3)27-22(26)24(15-10-16-29-18-19-11-6-4-7-12-19)17-21(25-28-24)20-13-8-5-9-14-20/h4-9,11-14H,10,15-18H2,1-3H3/t24-/m0/s1. The van der Waals surface area contributed by atoms with Crippen LogP contribution in [0.15, 0.2) is 65.8 Å². The largest absolute Gasteiger partial charge is 0.457 e. The second-order valence-electron chi connectivity index (χ2n) is 8.31. The van der Waals surface area contributed by atoms with Crippen LogP contribution in [0.2, 0.25) is 0 Å². The SMILES string of the molecule is CC(C)(C)OC(=O)[C@]1(CCCSCc2ccccc2)CC(c2ccccc2)=NO1. The quantitative estimate of drug-likeness (QED) is 0.419. The number of carbonyl (C=O) groups excluding carboxylic acids is 1. The molecule has 0 amide bonds. The van der Waals surface area contributed by atoms with Crippen molar-refractivity contribution in [3.8, 4) is 0 Å². The Balaban J connectivity index is 1.61. The number of nitrogens with zero attached hydrogens (tertiary/aromatic N) is 1. The van der Waals surface area contributed by atoms with Gasteiger partial charge in [-0.15, -0.1) is 0 Å². The first kappa shape index (κ1) is 21.4. The molecule has 1 atom stereocenters. The molecule has 0 saturated heterocycles. The maximum Gasteiger partial charge on any atom is 0.354 e. The maximum absolute atomic E-state index is 13.0. The number of benzene rings is 2. The first-order valence-corrected chi connectivity index (χ1v) is 11.2. The molecule has 4 nitrogen and oxygen atoms in total. The Morgan fingerprint density at radius 2 is 1.76 bits per heavy atom. The second kappa shape index (κ2) is 9.49. The van der Waals surface area contributed by atoms with Crippen LogP contribution < -0.4 is 0 Å². The number of rotatable bonds is 8. The van der Waals surface area contributed by atoms with E-state index in [0.29, 0.717) is 12.8 Å². The summed E-state index contributed by atoms with van der Waals surface area (Å²) >= 11 is 1.87. The topological polar surface area (TPSA) is 47.9 Å². The molecule has 0 saturated carbocycles. The van der Waals surface area contributed by atoms with E-state index >= 15 is 0 Å². The number of carbonyl (C=O) groups is 1. The van der Waals surface area contributed by atoms with E-state index in [9.17, 15) is 4.79 Å². The van der Waals surface area contributed by atoms with Crippen molar-refractivity contribution in [2.75, 3.05) is 5.75 Å². The zero-order valence-electron chi connectivity index (χ0n) is 17.4. The predicted octanol–water partition coefficient (Wildman–Crippen LogP) is 5.61. The normalized spacial score (nSPS) is 18.8. The summed E-state index contributed by atoms with van der Waals surface area (Å²) in [5.74, 6) is 1.59. The molecule has 1 aliphatic heterocycles. The minimum Gasteiger partial charge on any atom is -0.457 e. The molecule has 0 aliphatic carbocycles. The lowest BCUT2D eigenvalue weighted by atomic mass is 9.90. The third kappa shape index (κ3) is 6.10. The molecule has 3 rings (SSSR count). The van der Waals surface area contributed by atoms with Crippen LogP contribution >= 0.6 is 11.8 Å². The molecule has 2 aromatic rings. The number of oxime groups is 1. The molecule has 2 aromatic carbocycles. The van der Waals surface area contributed by atoms with Crippen molar-refractivity contribution >= 4 is 23.4 Å². The third-order valence-electron chi connectivity index (χ3n) is 4.64. The van der Waals surface area contributed by atoms with Crippen LogP contribution in [0.25, 0.3) is 0 Å². The van der Waals surface area contributed by atoms with E-state index in [4.69, 9.17) is 9.57 Å². The Labute approximate surface area is 177 Å². The van der Waals surface area contributed by atoms with Gasteiger partial charge in [-0.3, -0.25) is 0 Å². The van der Waals surface area contributed by atoms with Gasteiger partial charge in [-0.25, -0.2) is 4.79 Å². The van der Waals surface area contributed by atoms with Gasteiger partial charge in [-0.2, -0.15) is 11.8 Å². The lowest BCUT2D eigenvalue weighted by Gasteiger charge is -2.29. The van der Waals surface area contributed by atoms with Gasteiger partial charge in [0.1, 0.15) is 5.60 Å². The summed E-state index contributed by atoms with van der Waals surface area (Å²) in [6.07, 6.45) is 1.88. The number of esters is 1. The number of hydrogen-bond acceptors (Lipinski definition) is 5. The minimum atomic E-state index is -1.04. The predicted molar refractivity (Wildman–Crippen MR) is 119 cm³/mol. The monoisotopic (exact) mass is 411 g/mol. The van der Waals surface area contributed by atoms with E-state index in [-0.39, 0.29) is 5.97 Å². The van der Waals surface area contributed by atoms with Gasteiger partial charge in [-0.1, -0.05) is 65.8 Å². The molecule has 1 heterocycles. The molecule has 154 valence electrons. The van der Waals surface area contributed by atoms with Crippen molar-refractivity contribution < 1.29 is 14.4 Å². The highest BCUT2D eigenvalue weighted by atomic mass is 32.2. The van der Waals surface area contributed by atoms with E-state index < -0.39 is 11.2 Å². The van der Waals surface area contributed by atoms with E-state index in [2.05, 4.69) is 29.4 Å². The molecule has 29 heavy (non-hydrogen) atoms. The molecule has 0 unspecified atom stereocenters.